The van der Waals surface area contributed by atoms with Crippen LogP contribution in [0.15, 0.2) is 24.3 Å². The summed E-state index contributed by atoms with van der Waals surface area (Å²) in [6.07, 6.45) is -2.89. The Hall–Kier alpha value is -3.18. The minimum absolute atomic E-state index is 0.154. The van der Waals surface area contributed by atoms with Crippen LogP contribution >= 0.6 is 0 Å². The third kappa shape index (κ3) is 5.35. The highest BCUT2D eigenvalue weighted by Gasteiger charge is 2.26. The summed E-state index contributed by atoms with van der Waals surface area (Å²) in [7, 11) is 0. The van der Waals surface area contributed by atoms with Crippen molar-refractivity contribution >= 4 is 28.4 Å². The van der Waals surface area contributed by atoms with Crippen LogP contribution in [0.25, 0.3) is 11.0 Å². The van der Waals surface area contributed by atoms with Gasteiger partial charge < -0.3 is 20.9 Å². The van der Waals surface area contributed by atoms with Gasteiger partial charge in [-0.05, 0) is 33.8 Å². The van der Waals surface area contributed by atoms with Gasteiger partial charge in [0.05, 0.1) is 28.7 Å². The second-order valence-electron chi connectivity index (χ2n) is 10.4. The molecule has 5 rings (SSSR count). The molecule has 0 radical (unpaired) electrons. The molecule has 0 unspecified atom stereocenters. The molecule has 204 valence electrons. The Balaban J connectivity index is 1.52. The summed E-state index contributed by atoms with van der Waals surface area (Å²) in [5.41, 5.74) is 1.04. The molecule has 2 aliphatic rings. The van der Waals surface area contributed by atoms with E-state index in [2.05, 4.69) is 49.6 Å². The highest BCUT2D eigenvalue weighted by molar-refractivity contribution is 5.92. The Morgan fingerprint density at radius 1 is 0.974 bits per heavy atom. The number of nitrogens with one attached hydrogen (secondary N) is 3. The number of fused-ring (bicyclic) bond motifs is 1. The van der Waals surface area contributed by atoms with Crippen LogP contribution in [0.1, 0.15) is 50.2 Å². The number of benzene rings is 1. The molecule has 8 nitrogen and oxygen atoms in total. The molecule has 0 saturated carbocycles. The van der Waals surface area contributed by atoms with Crippen LogP contribution in [0.5, 0.6) is 0 Å². The van der Waals surface area contributed by atoms with E-state index in [1.54, 1.807) is 13.8 Å². The number of halogens is 3. The zero-order valence-electron chi connectivity index (χ0n) is 22.2. The first-order valence-corrected chi connectivity index (χ1v) is 13.2. The first-order chi connectivity index (χ1) is 18.2. The number of aromatic nitrogens is 3. The maximum atomic E-state index is 14.9. The van der Waals surface area contributed by atoms with Crippen LogP contribution in [-0.2, 0) is 0 Å². The predicted octanol–water partition coefficient (Wildman–Crippen LogP) is 4.50. The number of aryl methyl sites for hydroxylation is 1. The number of hydrogen-bond donors (Lipinski definition) is 3. The number of hydrogen-bond acceptors (Lipinski definition) is 8. The van der Waals surface area contributed by atoms with Crippen LogP contribution < -0.4 is 20.9 Å². The van der Waals surface area contributed by atoms with Gasteiger partial charge in [0.15, 0.2) is 11.5 Å². The van der Waals surface area contributed by atoms with E-state index < -0.39 is 23.8 Å². The van der Waals surface area contributed by atoms with E-state index >= 15 is 0 Å². The molecule has 0 spiro atoms. The van der Waals surface area contributed by atoms with E-state index in [1.807, 2.05) is 6.07 Å². The molecular weight excluding hydrogens is 493 g/mol. The SMILES string of the molecule is Cc1nc(N[C@H](C)c2cccc(C(F)F)c2F)c2cc(N3CCN(C(C)C)CC3)c(NC3CNC3)nc2n1. The number of nitrogens with zero attached hydrogens (tertiary/aromatic N) is 5. The van der Waals surface area contributed by atoms with Crippen molar-refractivity contribution in [3.8, 4) is 0 Å². The fourth-order valence-electron chi connectivity index (χ4n) is 5.03. The van der Waals surface area contributed by atoms with Crippen molar-refractivity contribution in [1.29, 1.82) is 0 Å². The van der Waals surface area contributed by atoms with Gasteiger partial charge in [0.25, 0.3) is 6.43 Å². The number of anilines is 3. The zero-order valence-corrected chi connectivity index (χ0v) is 22.2. The van der Waals surface area contributed by atoms with Crippen molar-refractivity contribution in [3.63, 3.8) is 0 Å². The maximum Gasteiger partial charge on any atom is 0.266 e. The summed E-state index contributed by atoms with van der Waals surface area (Å²) >= 11 is 0. The van der Waals surface area contributed by atoms with E-state index in [0.29, 0.717) is 34.8 Å². The fourth-order valence-corrected chi connectivity index (χ4v) is 5.03. The summed E-state index contributed by atoms with van der Waals surface area (Å²) in [6.45, 7) is 13.3. The largest absolute Gasteiger partial charge is 0.366 e. The smallest absolute Gasteiger partial charge is 0.266 e. The molecule has 0 amide bonds. The molecule has 1 aromatic carbocycles. The summed E-state index contributed by atoms with van der Waals surface area (Å²) in [5.74, 6) is 0.888. The third-order valence-corrected chi connectivity index (χ3v) is 7.40. The molecule has 2 aliphatic heterocycles. The van der Waals surface area contributed by atoms with E-state index in [4.69, 9.17) is 4.98 Å². The lowest BCUT2D eigenvalue weighted by Gasteiger charge is -2.39. The quantitative estimate of drug-likeness (QED) is 0.395. The van der Waals surface area contributed by atoms with Crippen LogP contribution in [0.3, 0.4) is 0 Å². The first kappa shape index (κ1) is 26.4. The van der Waals surface area contributed by atoms with Crippen molar-refractivity contribution in [3.05, 3.63) is 47.0 Å². The Labute approximate surface area is 221 Å². The highest BCUT2D eigenvalue weighted by atomic mass is 19.3. The van der Waals surface area contributed by atoms with Crippen LogP contribution in [0.2, 0.25) is 0 Å². The molecule has 3 N–H and O–H groups in total. The Kier molecular flexibility index (Phi) is 7.58. The average Bonchev–Trinajstić information content (AvgIpc) is 2.85. The van der Waals surface area contributed by atoms with Crippen LogP contribution in [-0.4, -0.2) is 71.2 Å². The topological polar surface area (TPSA) is 81.2 Å². The van der Waals surface area contributed by atoms with Crippen LogP contribution in [0, 0.1) is 12.7 Å². The maximum absolute atomic E-state index is 14.9. The van der Waals surface area contributed by atoms with E-state index in [9.17, 15) is 13.2 Å². The van der Waals surface area contributed by atoms with Gasteiger partial charge in [0.2, 0.25) is 0 Å². The molecule has 2 aromatic heterocycles. The molecule has 38 heavy (non-hydrogen) atoms. The summed E-state index contributed by atoms with van der Waals surface area (Å²) in [6, 6.07) is 6.30. The molecule has 4 heterocycles. The Morgan fingerprint density at radius 2 is 1.68 bits per heavy atom. The van der Waals surface area contributed by atoms with Crippen molar-refractivity contribution in [2.45, 2.75) is 52.2 Å². The molecule has 11 heteroatoms. The molecule has 1 atom stereocenters. The molecule has 0 bridgehead atoms. The minimum Gasteiger partial charge on any atom is -0.366 e. The van der Waals surface area contributed by atoms with Gasteiger partial charge in [-0.2, -0.15) is 0 Å². The number of rotatable bonds is 8. The Morgan fingerprint density at radius 3 is 2.32 bits per heavy atom. The molecule has 2 fully saturated rings. The van der Waals surface area contributed by atoms with E-state index in [1.165, 1.54) is 12.1 Å². The van der Waals surface area contributed by atoms with Crippen LogP contribution in [0.4, 0.5) is 30.5 Å². The van der Waals surface area contributed by atoms with Gasteiger partial charge in [-0.15, -0.1) is 0 Å². The van der Waals surface area contributed by atoms with Crippen molar-refractivity contribution in [2.24, 2.45) is 0 Å². The third-order valence-electron chi connectivity index (χ3n) is 7.40. The first-order valence-electron chi connectivity index (χ1n) is 13.2. The lowest BCUT2D eigenvalue weighted by molar-refractivity contribution is 0.146. The number of pyridine rings is 1. The van der Waals surface area contributed by atoms with Crippen molar-refractivity contribution in [2.75, 3.05) is 54.8 Å². The monoisotopic (exact) mass is 528 g/mol. The predicted molar refractivity (Wildman–Crippen MR) is 145 cm³/mol. The van der Waals surface area contributed by atoms with Crippen molar-refractivity contribution in [1.82, 2.24) is 25.2 Å². The summed E-state index contributed by atoms with van der Waals surface area (Å²) < 4.78 is 41.5. The lowest BCUT2D eigenvalue weighted by atomic mass is 10.0. The lowest BCUT2D eigenvalue weighted by Crippen LogP contribution is -2.52. The highest BCUT2D eigenvalue weighted by Crippen LogP contribution is 2.34. The second kappa shape index (κ2) is 10.9. The van der Waals surface area contributed by atoms with Gasteiger partial charge in [-0.25, -0.2) is 28.1 Å². The summed E-state index contributed by atoms with van der Waals surface area (Å²) in [4.78, 5) is 18.9. The minimum atomic E-state index is -2.89. The summed E-state index contributed by atoms with van der Waals surface area (Å²) in [5, 5.41) is 10.8. The second-order valence-corrected chi connectivity index (χ2v) is 10.4. The molecule has 2 saturated heterocycles. The van der Waals surface area contributed by atoms with E-state index in [-0.39, 0.29) is 5.56 Å². The average molecular weight is 529 g/mol. The molecular formula is C27H35F3N8. The van der Waals surface area contributed by atoms with Gasteiger partial charge in [0.1, 0.15) is 17.5 Å². The molecule has 0 aliphatic carbocycles. The fraction of sp³-hybridized carbons (Fsp3) is 0.519. The van der Waals surface area contributed by atoms with Gasteiger partial charge >= 0.3 is 0 Å². The zero-order chi connectivity index (χ0) is 27.0. The van der Waals surface area contributed by atoms with E-state index in [0.717, 1.165) is 56.8 Å². The normalized spacial score (nSPS) is 17.8. The van der Waals surface area contributed by atoms with Gasteiger partial charge in [0, 0.05) is 50.9 Å². The van der Waals surface area contributed by atoms with Crippen molar-refractivity contribution < 1.29 is 13.2 Å². The number of alkyl halides is 2. The standard InChI is InChI=1S/C27H35F3N8/c1-15(2)37-8-10-38(11-9-37)22-12-21-25(32-16(3)19-6-5-7-20(23(19)28)24(29)30)33-17(4)34-26(21)36-27(22)35-18-13-31-14-18/h5-7,12,15-16,18,24,31H,8-11,13-14H2,1-4H3,(H2,32,33,34,35,36)/t16-/m1/s1. The number of piperazine rings is 1. The van der Waals surface area contributed by atoms with Gasteiger partial charge in [-0.3, -0.25) is 4.90 Å². The van der Waals surface area contributed by atoms with Gasteiger partial charge in [-0.1, -0.05) is 18.2 Å². The molecule has 3 aromatic rings. The Bertz CT molecular complexity index is 1290.